The first-order chi connectivity index (χ1) is 23.8. The van der Waals surface area contributed by atoms with Crippen molar-refractivity contribution in [1.29, 1.82) is 0 Å². The Morgan fingerprint density at radius 2 is 0.608 bits per heavy atom. The molecular formula is C45H40Cl2N4. The van der Waals surface area contributed by atoms with E-state index in [-0.39, 0.29) is 32.2 Å². The van der Waals surface area contributed by atoms with Crippen molar-refractivity contribution in [2.75, 3.05) is 9.80 Å². The first kappa shape index (κ1) is 37.9. The van der Waals surface area contributed by atoms with Crippen LogP contribution in [-0.4, -0.2) is 0 Å². The summed E-state index contributed by atoms with van der Waals surface area (Å²) in [4.78, 5) is 4.24. The SMILES string of the molecule is C.C1=CN(c2ccccc2)C=CC1=C1C=CN(c2ccccc2)C=C1.[Cl-].[Cl-].c1ccc(-[n+]2ccc(-c3cc[n+](-c4ccccc4)cc3)cc2)cc1. The molecule has 4 heterocycles. The molecule has 0 spiro atoms. The summed E-state index contributed by atoms with van der Waals surface area (Å²) in [6.45, 7) is 0. The standard InChI is InChI=1S/2C22H18N2.CH4.2ClH/c2*1-3-7-21(8-4-1)23-15-11-19(12-16-23)20-13-17-24(18-14-20)22-9-5-2-6-10-22;;;/h2*1-18H;1H4;2*1H/q;+2;;;/p-2. The predicted octanol–water partition coefficient (Wildman–Crippen LogP) is 3.93. The van der Waals surface area contributed by atoms with Gasteiger partial charge < -0.3 is 34.6 Å². The Morgan fingerprint density at radius 1 is 0.333 bits per heavy atom. The summed E-state index contributed by atoms with van der Waals surface area (Å²) < 4.78 is 4.24. The van der Waals surface area contributed by atoms with Crippen molar-refractivity contribution in [3.8, 4) is 22.5 Å². The van der Waals surface area contributed by atoms with Crippen LogP contribution >= 0.6 is 0 Å². The first-order valence-electron chi connectivity index (χ1n) is 16.1. The molecule has 0 amide bonds. The Kier molecular flexibility index (Phi) is 13.9. The number of rotatable bonds is 5. The third-order valence-corrected chi connectivity index (χ3v) is 8.20. The van der Waals surface area contributed by atoms with Crippen molar-refractivity contribution in [2.24, 2.45) is 0 Å². The van der Waals surface area contributed by atoms with Gasteiger partial charge in [0.15, 0.2) is 24.8 Å². The Hall–Kier alpha value is -5.94. The number of benzene rings is 4. The number of pyridine rings is 2. The summed E-state index contributed by atoms with van der Waals surface area (Å²) in [6, 6.07) is 49.9. The number of aromatic nitrogens is 2. The molecular weight excluding hydrogens is 667 g/mol. The molecule has 8 rings (SSSR count). The lowest BCUT2D eigenvalue weighted by molar-refractivity contribution is -0.596. The number of allylic oxidation sites excluding steroid dienone is 6. The lowest BCUT2D eigenvalue weighted by Crippen LogP contribution is -3.00. The molecule has 254 valence electrons. The van der Waals surface area contributed by atoms with E-state index in [9.17, 15) is 0 Å². The van der Waals surface area contributed by atoms with Gasteiger partial charge in [-0.25, -0.2) is 0 Å². The molecule has 0 N–H and O–H groups in total. The zero-order chi connectivity index (χ0) is 32.4. The quantitative estimate of drug-likeness (QED) is 0.253. The maximum absolute atomic E-state index is 2.15. The molecule has 6 aromatic rings. The van der Waals surface area contributed by atoms with Crippen LogP contribution in [0.25, 0.3) is 22.5 Å². The molecule has 4 nitrogen and oxygen atoms in total. The van der Waals surface area contributed by atoms with Gasteiger partial charge in [0.2, 0.25) is 11.4 Å². The van der Waals surface area contributed by atoms with Crippen LogP contribution < -0.4 is 43.7 Å². The van der Waals surface area contributed by atoms with Gasteiger partial charge in [0.1, 0.15) is 0 Å². The highest BCUT2D eigenvalue weighted by molar-refractivity contribution is 5.62. The van der Waals surface area contributed by atoms with Crippen LogP contribution in [0.4, 0.5) is 11.4 Å². The molecule has 0 saturated carbocycles. The van der Waals surface area contributed by atoms with Crippen LogP contribution in [0.15, 0.2) is 231 Å². The molecule has 2 aromatic heterocycles. The van der Waals surface area contributed by atoms with Crippen molar-refractivity contribution in [1.82, 2.24) is 0 Å². The van der Waals surface area contributed by atoms with E-state index in [2.05, 4.69) is 214 Å². The van der Waals surface area contributed by atoms with E-state index in [4.69, 9.17) is 0 Å². The predicted molar refractivity (Wildman–Crippen MR) is 203 cm³/mol. The minimum atomic E-state index is 0. The Morgan fingerprint density at radius 3 is 0.902 bits per heavy atom. The van der Waals surface area contributed by atoms with E-state index in [0.717, 1.165) is 0 Å². The molecule has 0 saturated heterocycles. The number of hydrogen-bond acceptors (Lipinski definition) is 2. The lowest BCUT2D eigenvalue weighted by Gasteiger charge is -2.22. The fraction of sp³-hybridized carbons (Fsp3) is 0.0222. The van der Waals surface area contributed by atoms with E-state index in [0.29, 0.717) is 0 Å². The van der Waals surface area contributed by atoms with Gasteiger partial charge in [0.25, 0.3) is 0 Å². The molecule has 0 aliphatic carbocycles. The van der Waals surface area contributed by atoms with Crippen LogP contribution in [0, 0.1) is 0 Å². The second-order valence-electron chi connectivity index (χ2n) is 11.3. The van der Waals surface area contributed by atoms with Gasteiger partial charge in [-0.05, 0) is 70.8 Å². The highest BCUT2D eigenvalue weighted by Gasteiger charge is 2.10. The molecule has 0 atom stereocenters. The first-order valence-corrected chi connectivity index (χ1v) is 16.1. The van der Waals surface area contributed by atoms with E-state index in [1.165, 1.54) is 45.0 Å². The molecule has 2 aliphatic rings. The van der Waals surface area contributed by atoms with E-state index in [1.807, 2.05) is 24.3 Å². The zero-order valence-electron chi connectivity index (χ0n) is 27.3. The second-order valence-corrected chi connectivity index (χ2v) is 11.3. The Balaban J connectivity index is 0.000000216. The molecule has 4 aromatic carbocycles. The topological polar surface area (TPSA) is 14.2 Å². The smallest absolute Gasteiger partial charge is 0.210 e. The summed E-state index contributed by atoms with van der Waals surface area (Å²) in [7, 11) is 0. The minimum absolute atomic E-state index is 0. The van der Waals surface area contributed by atoms with E-state index >= 15 is 0 Å². The fourth-order valence-electron chi connectivity index (χ4n) is 5.56. The van der Waals surface area contributed by atoms with Gasteiger partial charge in [0, 0.05) is 84.7 Å². The molecule has 0 radical (unpaired) electrons. The third kappa shape index (κ3) is 9.61. The number of para-hydroxylation sites is 4. The number of hydrogen-bond donors (Lipinski definition) is 0. The molecule has 6 heteroatoms. The van der Waals surface area contributed by atoms with Crippen molar-refractivity contribution in [2.45, 2.75) is 7.43 Å². The monoisotopic (exact) mass is 706 g/mol. The maximum Gasteiger partial charge on any atom is 0.210 e. The normalized spacial score (nSPS) is 12.5. The average Bonchev–Trinajstić information content (AvgIpc) is 3.20. The summed E-state index contributed by atoms with van der Waals surface area (Å²) >= 11 is 0. The van der Waals surface area contributed by atoms with Gasteiger partial charge in [0.05, 0.1) is 0 Å². The van der Waals surface area contributed by atoms with E-state index in [1.54, 1.807) is 0 Å². The van der Waals surface area contributed by atoms with Crippen molar-refractivity contribution >= 4 is 11.4 Å². The van der Waals surface area contributed by atoms with E-state index < -0.39 is 0 Å². The lowest BCUT2D eigenvalue weighted by atomic mass is 10.0. The van der Waals surface area contributed by atoms with Crippen molar-refractivity contribution in [3.63, 3.8) is 0 Å². The highest BCUT2D eigenvalue weighted by Crippen LogP contribution is 2.25. The van der Waals surface area contributed by atoms with Gasteiger partial charge in [-0.15, -0.1) is 0 Å². The molecule has 0 unspecified atom stereocenters. The Labute approximate surface area is 314 Å². The third-order valence-electron chi connectivity index (χ3n) is 8.20. The largest absolute Gasteiger partial charge is 1.00 e. The second kappa shape index (κ2) is 18.7. The summed E-state index contributed by atoms with van der Waals surface area (Å²) in [5.74, 6) is 0. The maximum atomic E-state index is 2.15. The molecule has 51 heavy (non-hydrogen) atoms. The molecule has 0 bridgehead atoms. The van der Waals surface area contributed by atoms with Gasteiger partial charge in [-0.3, -0.25) is 0 Å². The van der Waals surface area contributed by atoms with Gasteiger partial charge in [-0.2, -0.15) is 9.13 Å². The molecule has 2 aliphatic heterocycles. The van der Waals surface area contributed by atoms with Crippen molar-refractivity contribution in [3.05, 3.63) is 231 Å². The van der Waals surface area contributed by atoms with Crippen LogP contribution in [0.5, 0.6) is 0 Å². The van der Waals surface area contributed by atoms with Crippen LogP contribution in [-0.2, 0) is 0 Å². The number of anilines is 2. The molecule has 0 fully saturated rings. The summed E-state index contributed by atoms with van der Waals surface area (Å²) in [5.41, 5.74) is 9.51. The minimum Gasteiger partial charge on any atom is -1.00 e. The highest BCUT2D eigenvalue weighted by atomic mass is 35.5. The number of halogens is 2. The fourth-order valence-corrected chi connectivity index (χ4v) is 5.56. The number of nitrogens with zero attached hydrogens (tertiary/aromatic N) is 4. The van der Waals surface area contributed by atoms with Crippen molar-refractivity contribution < 1.29 is 33.9 Å². The Bertz CT molecular complexity index is 1900. The van der Waals surface area contributed by atoms with Gasteiger partial charge in [-0.1, -0.05) is 80.2 Å². The van der Waals surface area contributed by atoms with Crippen LogP contribution in [0.3, 0.4) is 0 Å². The average molecular weight is 708 g/mol. The summed E-state index contributed by atoms with van der Waals surface area (Å²) in [6.07, 6.45) is 25.4. The van der Waals surface area contributed by atoms with Gasteiger partial charge >= 0.3 is 0 Å². The summed E-state index contributed by atoms with van der Waals surface area (Å²) in [5, 5.41) is 0. The van der Waals surface area contributed by atoms with Crippen LogP contribution in [0.1, 0.15) is 7.43 Å². The van der Waals surface area contributed by atoms with Crippen LogP contribution in [0.2, 0.25) is 0 Å². The zero-order valence-corrected chi connectivity index (χ0v) is 28.8.